The van der Waals surface area contributed by atoms with Crippen molar-refractivity contribution in [1.82, 2.24) is 5.32 Å². The molecule has 1 amide bonds. The van der Waals surface area contributed by atoms with Gasteiger partial charge in [0.15, 0.2) is 0 Å². The first kappa shape index (κ1) is 15.7. The molecule has 1 rings (SSSR count). The number of rotatable bonds is 5. The van der Waals surface area contributed by atoms with Crippen LogP contribution >= 0.6 is 0 Å². The topological polar surface area (TPSA) is 89.3 Å². The summed E-state index contributed by atoms with van der Waals surface area (Å²) in [6.45, 7) is 5.68. The fourth-order valence-electron chi connectivity index (χ4n) is 1.87. The number of carbonyl (C=O) groups is 1. The standard InChI is InChI=1S/C13H20N2O3S/c1-4-5-10(3)15-13(16)12-7-6-11(8-9(12)2)19(14,17)18/h6-8,10H,4-5H2,1-3H3,(H,15,16)(H2,14,17,18). The van der Waals surface area contributed by atoms with Gasteiger partial charge < -0.3 is 5.32 Å². The molecule has 1 unspecified atom stereocenters. The summed E-state index contributed by atoms with van der Waals surface area (Å²) in [7, 11) is -3.73. The van der Waals surface area contributed by atoms with Crippen molar-refractivity contribution in [2.75, 3.05) is 0 Å². The molecule has 0 heterocycles. The van der Waals surface area contributed by atoms with Crippen LogP contribution in [0.15, 0.2) is 23.1 Å². The lowest BCUT2D eigenvalue weighted by molar-refractivity contribution is 0.0937. The predicted octanol–water partition coefficient (Wildman–Crippen LogP) is 1.56. The third kappa shape index (κ3) is 4.33. The molecule has 1 atom stereocenters. The van der Waals surface area contributed by atoms with Gasteiger partial charge in [-0.05, 0) is 44.0 Å². The smallest absolute Gasteiger partial charge is 0.251 e. The van der Waals surface area contributed by atoms with Crippen molar-refractivity contribution in [3.05, 3.63) is 29.3 Å². The Bertz CT molecular complexity index is 567. The Balaban J connectivity index is 2.94. The second kappa shape index (κ2) is 6.16. The zero-order chi connectivity index (χ0) is 14.6. The van der Waals surface area contributed by atoms with E-state index in [0.29, 0.717) is 11.1 Å². The van der Waals surface area contributed by atoms with Gasteiger partial charge in [-0.2, -0.15) is 0 Å². The van der Waals surface area contributed by atoms with Crippen LogP contribution in [0.3, 0.4) is 0 Å². The molecule has 19 heavy (non-hydrogen) atoms. The first-order chi connectivity index (χ1) is 8.75. The van der Waals surface area contributed by atoms with Crippen LogP contribution in [0.25, 0.3) is 0 Å². The minimum absolute atomic E-state index is 0.0168. The van der Waals surface area contributed by atoms with Crippen LogP contribution in [-0.4, -0.2) is 20.4 Å². The molecule has 1 aromatic carbocycles. The first-order valence-corrected chi connectivity index (χ1v) is 7.74. The van der Waals surface area contributed by atoms with Crippen molar-refractivity contribution < 1.29 is 13.2 Å². The maximum Gasteiger partial charge on any atom is 0.251 e. The summed E-state index contributed by atoms with van der Waals surface area (Å²) < 4.78 is 22.4. The first-order valence-electron chi connectivity index (χ1n) is 6.20. The quantitative estimate of drug-likeness (QED) is 0.860. The molecule has 106 valence electrons. The SMILES string of the molecule is CCCC(C)NC(=O)c1ccc(S(N)(=O)=O)cc1C. The Morgan fingerprint density at radius 2 is 2.05 bits per heavy atom. The Kier molecular flexibility index (Phi) is 5.08. The molecule has 0 saturated carbocycles. The molecule has 0 bridgehead atoms. The highest BCUT2D eigenvalue weighted by molar-refractivity contribution is 7.89. The Morgan fingerprint density at radius 3 is 2.53 bits per heavy atom. The fourth-order valence-corrected chi connectivity index (χ4v) is 2.47. The maximum atomic E-state index is 12.0. The van der Waals surface area contributed by atoms with E-state index in [-0.39, 0.29) is 16.8 Å². The van der Waals surface area contributed by atoms with E-state index in [9.17, 15) is 13.2 Å². The van der Waals surface area contributed by atoms with E-state index in [0.717, 1.165) is 12.8 Å². The van der Waals surface area contributed by atoms with Crippen molar-refractivity contribution in [2.24, 2.45) is 5.14 Å². The molecule has 5 nitrogen and oxygen atoms in total. The van der Waals surface area contributed by atoms with Crippen molar-refractivity contribution in [1.29, 1.82) is 0 Å². The fraction of sp³-hybridized carbons (Fsp3) is 0.462. The summed E-state index contributed by atoms with van der Waals surface area (Å²) in [6.07, 6.45) is 1.89. The van der Waals surface area contributed by atoms with Crippen LogP contribution in [0.5, 0.6) is 0 Å². The average Bonchev–Trinajstić information content (AvgIpc) is 2.27. The van der Waals surface area contributed by atoms with Crippen LogP contribution in [0.2, 0.25) is 0 Å². The number of nitrogens with two attached hydrogens (primary N) is 1. The number of primary sulfonamides is 1. The number of aryl methyl sites for hydroxylation is 1. The third-order valence-electron chi connectivity index (χ3n) is 2.87. The number of hydrogen-bond acceptors (Lipinski definition) is 3. The molecule has 0 aliphatic carbocycles. The van der Waals surface area contributed by atoms with E-state index < -0.39 is 10.0 Å². The Morgan fingerprint density at radius 1 is 1.42 bits per heavy atom. The normalized spacial score (nSPS) is 13.1. The molecule has 0 spiro atoms. The number of sulfonamides is 1. The maximum absolute atomic E-state index is 12.0. The molecule has 0 aromatic heterocycles. The van der Waals surface area contributed by atoms with Crippen LogP contribution in [-0.2, 0) is 10.0 Å². The van der Waals surface area contributed by atoms with E-state index in [1.807, 2.05) is 6.92 Å². The lowest BCUT2D eigenvalue weighted by atomic mass is 10.1. The second-order valence-electron chi connectivity index (χ2n) is 4.68. The van der Waals surface area contributed by atoms with Gasteiger partial charge in [-0.1, -0.05) is 13.3 Å². The van der Waals surface area contributed by atoms with Gasteiger partial charge in [-0.3, -0.25) is 4.79 Å². The van der Waals surface area contributed by atoms with Crippen molar-refractivity contribution >= 4 is 15.9 Å². The molecule has 0 saturated heterocycles. The summed E-state index contributed by atoms with van der Waals surface area (Å²) in [5.74, 6) is -0.195. The van der Waals surface area contributed by atoms with Gasteiger partial charge in [-0.15, -0.1) is 0 Å². The van der Waals surface area contributed by atoms with E-state index in [4.69, 9.17) is 5.14 Å². The monoisotopic (exact) mass is 284 g/mol. The molecule has 1 aromatic rings. The number of amides is 1. The molecule has 6 heteroatoms. The molecular weight excluding hydrogens is 264 g/mol. The highest BCUT2D eigenvalue weighted by Crippen LogP contribution is 2.14. The van der Waals surface area contributed by atoms with Crippen LogP contribution < -0.4 is 10.5 Å². The highest BCUT2D eigenvalue weighted by atomic mass is 32.2. The van der Waals surface area contributed by atoms with E-state index in [1.165, 1.54) is 18.2 Å². The molecule has 0 fully saturated rings. The lowest BCUT2D eigenvalue weighted by Gasteiger charge is -2.14. The van der Waals surface area contributed by atoms with Gasteiger partial charge in [0.25, 0.3) is 5.91 Å². The van der Waals surface area contributed by atoms with Crippen molar-refractivity contribution in [3.8, 4) is 0 Å². The van der Waals surface area contributed by atoms with E-state index in [2.05, 4.69) is 12.2 Å². The third-order valence-corrected chi connectivity index (χ3v) is 3.78. The van der Waals surface area contributed by atoms with Gasteiger partial charge in [-0.25, -0.2) is 13.6 Å². The average molecular weight is 284 g/mol. The lowest BCUT2D eigenvalue weighted by Crippen LogP contribution is -2.32. The molecule has 3 N–H and O–H groups in total. The van der Waals surface area contributed by atoms with Crippen molar-refractivity contribution in [3.63, 3.8) is 0 Å². The molecule has 0 aliphatic heterocycles. The van der Waals surface area contributed by atoms with Crippen LogP contribution in [0, 0.1) is 6.92 Å². The number of nitrogens with one attached hydrogen (secondary N) is 1. The Labute approximate surface area is 114 Å². The van der Waals surface area contributed by atoms with E-state index >= 15 is 0 Å². The zero-order valence-corrected chi connectivity index (χ0v) is 12.3. The summed E-state index contributed by atoms with van der Waals surface area (Å²) in [6, 6.07) is 4.34. The number of hydrogen-bond donors (Lipinski definition) is 2. The number of benzene rings is 1. The van der Waals surface area contributed by atoms with Gasteiger partial charge in [0.2, 0.25) is 10.0 Å². The minimum atomic E-state index is -3.73. The van der Waals surface area contributed by atoms with Gasteiger partial charge >= 0.3 is 0 Å². The summed E-state index contributed by atoms with van der Waals surface area (Å²) >= 11 is 0. The summed E-state index contributed by atoms with van der Waals surface area (Å²) in [4.78, 5) is 12.0. The highest BCUT2D eigenvalue weighted by Gasteiger charge is 2.15. The largest absolute Gasteiger partial charge is 0.350 e. The molecular formula is C13H20N2O3S. The second-order valence-corrected chi connectivity index (χ2v) is 6.25. The molecule has 0 aliphatic rings. The summed E-state index contributed by atoms with van der Waals surface area (Å²) in [5, 5.41) is 7.92. The summed E-state index contributed by atoms with van der Waals surface area (Å²) in [5.41, 5.74) is 1.06. The van der Waals surface area contributed by atoms with E-state index in [1.54, 1.807) is 6.92 Å². The Hall–Kier alpha value is -1.40. The van der Waals surface area contributed by atoms with Gasteiger partial charge in [0.1, 0.15) is 0 Å². The van der Waals surface area contributed by atoms with Gasteiger partial charge in [0, 0.05) is 11.6 Å². The van der Waals surface area contributed by atoms with Crippen LogP contribution in [0.4, 0.5) is 0 Å². The van der Waals surface area contributed by atoms with Gasteiger partial charge in [0.05, 0.1) is 4.90 Å². The minimum Gasteiger partial charge on any atom is -0.350 e. The van der Waals surface area contributed by atoms with Crippen molar-refractivity contribution in [2.45, 2.75) is 44.6 Å². The zero-order valence-electron chi connectivity index (χ0n) is 11.4. The molecule has 0 radical (unpaired) electrons. The number of carbonyl (C=O) groups excluding carboxylic acids is 1. The van der Waals surface area contributed by atoms with Crippen LogP contribution in [0.1, 0.15) is 42.6 Å². The predicted molar refractivity (Wildman–Crippen MR) is 74.4 cm³/mol.